The summed E-state index contributed by atoms with van der Waals surface area (Å²) in [5.74, 6) is 1.09. The average Bonchev–Trinajstić information content (AvgIpc) is 3.43. The van der Waals surface area contributed by atoms with E-state index in [0.717, 1.165) is 26.1 Å². The molecule has 2 aromatic rings. The van der Waals surface area contributed by atoms with Crippen molar-refractivity contribution in [1.82, 2.24) is 10.2 Å². The van der Waals surface area contributed by atoms with Gasteiger partial charge in [-0.3, -0.25) is 9.69 Å². The number of rotatable bonds is 8. The first kappa shape index (κ1) is 20.5. The van der Waals surface area contributed by atoms with Crippen molar-refractivity contribution in [1.29, 1.82) is 0 Å². The molecule has 0 radical (unpaired) electrons. The molecule has 0 aromatic heterocycles. The fourth-order valence-electron chi connectivity index (χ4n) is 4.45. The standard InChI is InChI=1S/C24H31N3O3/c1-26-14-11-19-15-18(9-10-20(19)26)21(27-12-5-6-13-27)16-25-24(28)17-30-23-8-4-3-7-22(23)29-2/h3-4,7-10,15,21H,5-6,11-14,16-17H2,1-2H3,(H,25,28)/t21-/m1/s1. The molecule has 2 aromatic carbocycles. The first-order chi connectivity index (χ1) is 14.7. The molecule has 6 nitrogen and oxygen atoms in total. The summed E-state index contributed by atoms with van der Waals surface area (Å²) in [5, 5.41) is 3.09. The third-order valence-corrected chi connectivity index (χ3v) is 6.12. The number of nitrogens with zero attached hydrogens (tertiary/aromatic N) is 2. The van der Waals surface area contributed by atoms with Crippen molar-refractivity contribution >= 4 is 11.6 Å². The van der Waals surface area contributed by atoms with E-state index >= 15 is 0 Å². The molecule has 2 aliphatic heterocycles. The van der Waals surface area contributed by atoms with Crippen LogP contribution in [0.3, 0.4) is 0 Å². The van der Waals surface area contributed by atoms with Crippen molar-refractivity contribution in [2.45, 2.75) is 25.3 Å². The van der Waals surface area contributed by atoms with Crippen LogP contribution in [0.15, 0.2) is 42.5 Å². The van der Waals surface area contributed by atoms with Crippen molar-refractivity contribution in [3.05, 3.63) is 53.6 Å². The number of anilines is 1. The number of ether oxygens (including phenoxy) is 2. The third kappa shape index (κ3) is 4.54. The van der Waals surface area contributed by atoms with Crippen molar-refractivity contribution in [2.75, 3.05) is 51.8 Å². The molecule has 30 heavy (non-hydrogen) atoms. The van der Waals surface area contributed by atoms with Gasteiger partial charge in [0.2, 0.25) is 0 Å². The summed E-state index contributed by atoms with van der Waals surface area (Å²) in [4.78, 5) is 17.3. The highest BCUT2D eigenvalue weighted by Gasteiger charge is 2.26. The predicted molar refractivity (Wildman–Crippen MR) is 118 cm³/mol. The van der Waals surface area contributed by atoms with E-state index in [2.05, 4.69) is 40.4 Å². The van der Waals surface area contributed by atoms with Crippen LogP contribution in [0.5, 0.6) is 11.5 Å². The molecule has 2 aliphatic rings. The summed E-state index contributed by atoms with van der Waals surface area (Å²) in [6, 6.07) is 14.3. The van der Waals surface area contributed by atoms with E-state index in [0.29, 0.717) is 18.0 Å². The number of likely N-dealkylation sites (N-methyl/N-ethyl adjacent to an activating group) is 1. The van der Waals surface area contributed by atoms with E-state index in [1.165, 1.54) is 29.7 Å². The van der Waals surface area contributed by atoms with Crippen LogP contribution in [0.1, 0.15) is 30.0 Å². The first-order valence-corrected chi connectivity index (χ1v) is 10.8. The summed E-state index contributed by atoms with van der Waals surface area (Å²) in [6.07, 6.45) is 3.52. The number of likely N-dealkylation sites (tertiary alicyclic amines) is 1. The first-order valence-electron chi connectivity index (χ1n) is 10.8. The number of carbonyl (C=O) groups excluding carboxylic acids is 1. The predicted octanol–water partition coefficient (Wildman–Crippen LogP) is 3.02. The van der Waals surface area contributed by atoms with Crippen LogP contribution in [0.25, 0.3) is 0 Å². The molecule has 1 saturated heterocycles. The summed E-state index contributed by atoms with van der Waals surface area (Å²) in [6.45, 7) is 3.79. The Morgan fingerprint density at radius 2 is 1.87 bits per heavy atom. The lowest BCUT2D eigenvalue weighted by Crippen LogP contribution is -2.38. The van der Waals surface area contributed by atoms with Gasteiger partial charge < -0.3 is 19.7 Å². The molecule has 1 amide bonds. The van der Waals surface area contributed by atoms with Crippen molar-refractivity contribution in [3.8, 4) is 11.5 Å². The van der Waals surface area contributed by atoms with Crippen LogP contribution in [0, 0.1) is 0 Å². The zero-order chi connectivity index (χ0) is 20.9. The molecule has 160 valence electrons. The molecule has 0 spiro atoms. The van der Waals surface area contributed by atoms with Gasteiger partial charge in [-0.05, 0) is 61.7 Å². The summed E-state index contributed by atoms with van der Waals surface area (Å²) in [7, 11) is 3.74. The van der Waals surface area contributed by atoms with E-state index in [1.54, 1.807) is 13.2 Å². The van der Waals surface area contributed by atoms with Crippen LogP contribution in [0.2, 0.25) is 0 Å². The molecular weight excluding hydrogens is 378 g/mol. The van der Waals surface area contributed by atoms with Crippen molar-refractivity contribution < 1.29 is 14.3 Å². The fraction of sp³-hybridized carbons (Fsp3) is 0.458. The summed E-state index contributed by atoms with van der Waals surface area (Å²) < 4.78 is 10.9. The molecule has 1 N–H and O–H groups in total. The van der Waals surface area contributed by atoms with E-state index in [4.69, 9.17) is 9.47 Å². The number of hydrogen-bond donors (Lipinski definition) is 1. The molecule has 0 aliphatic carbocycles. The van der Waals surface area contributed by atoms with Gasteiger partial charge in [-0.25, -0.2) is 0 Å². The second kappa shape index (κ2) is 9.39. The van der Waals surface area contributed by atoms with Crippen LogP contribution < -0.4 is 19.7 Å². The van der Waals surface area contributed by atoms with Gasteiger partial charge in [0.15, 0.2) is 18.1 Å². The summed E-state index contributed by atoms with van der Waals surface area (Å²) in [5.41, 5.74) is 4.02. The normalized spacial score (nSPS) is 16.9. The molecule has 2 heterocycles. The van der Waals surface area contributed by atoms with E-state index < -0.39 is 0 Å². The monoisotopic (exact) mass is 409 g/mol. The van der Waals surface area contributed by atoms with Crippen molar-refractivity contribution in [3.63, 3.8) is 0 Å². The Labute approximate surface area is 178 Å². The zero-order valence-electron chi connectivity index (χ0n) is 17.9. The highest BCUT2D eigenvalue weighted by atomic mass is 16.5. The van der Waals surface area contributed by atoms with Gasteiger partial charge in [0, 0.05) is 25.8 Å². The molecule has 6 heteroatoms. The van der Waals surface area contributed by atoms with Gasteiger partial charge in [0.25, 0.3) is 5.91 Å². The molecule has 0 bridgehead atoms. The van der Waals surface area contributed by atoms with Gasteiger partial charge in [0.05, 0.1) is 13.2 Å². The lowest BCUT2D eigenvalue weighted by Gasteiger charge is -2.29. The van der Waals surface area contributed by atoms with E-state index in [-0.39, 0.29) is 18.6 Å². The van der Waals surface area contributed by atoms with Gasteiger partial charge >= 0.3 is 0 Å². The number of methoxy groups -OCH3 is 1. The smallest absolute Gasteiger partial charge is 0.258 e. The van der Waals surface area contributed by atoms with Crippen LogP contribution in [0.4, 0.5) is 5.69 Å². The lowest BCUT2D eigenvalue weighted by molar-refractivity contribution is -0.123. The minimum atomic E-state index is -0.119. The van der Waals surface area contributed by atoms with Crippen molar-refractivity contribution in [2.24, 2.45) is 0 Å². The van der Waals surface area contributed by atoms with Gasteiger partial charge in [-0.15, -0.1) is 0 Å². The number of amides is 1. The Morgan fingerprint density at radius 1 is 1.10 bits per heavy atom. The van der Waals surface area contributed by atoms with E-state index in [1.807, 2.05) is 18.2 Å². The fourth-order valence-corrected chi connectivity index (χ4v) is 4.45. The molecule has 0 unspecified atom stereocenters. The van der Waals surface area contributed by atoms with Gasteiger partial charge in [0.1, 0.15) is 0 Å². The van der Waals surface area contributed by atoms with Crippen LogP contribution in [-0.4, -0.2) is 57.8 Å². The molecular formula is C24H31N3O3. The Hall–Kier alpha value is -2.73. The maximum Gasteiger partial charge on any atom is 0.258 e. The topological polar surface area (TPSA) is 54.0 Å². The minimum Gasteiger partial charge on any atom is -0.493 e. The zero-order valence-corrected chi connectivity index (χ0v) is 17.9. The quantitative estimate of drug-likeness (QED) is 0.726. The highest BCUT2D eigenvalue weighted by molar-refractivity contribution is 5.77. The number of benzene rings is 2. The SMILES string of the molecule is COc1ccccc1OCC(=O)NC[C@H](c1ccc2c(c1)CCN2C)N1CCCC1. The largest absolute Gasteiger partial charge is 0.493 e. The Kier molecular flexibility index (Phi) is 6.43. The Morgan fingerprint density at radius 3 is 2.63 bits per heavy atom. The van der Waals surface area contributed by atoms with Gasteiger partial charge in [-0.1, -0.05) is 24.3 Å². The highest BCUT2D eigenvalue weighted by Crippen LogP contribution is 2.32. The van der Waals surface area contributed by atoms with E-state index in [9.17, 15) is 4.79 Å². The van der Waals surface area contributed by atoms with Crippen LogP contribution in [-0.2, 0) is 11.2 Å². The number of nitrogens with one attached hydrogen (secondary N) is 1. The molecule has 0 saturated carbocycles. The summed E-state index contributed by atoms with van der Waals surface area (Å²) >= 11 is 0. The number of carbonyl (C=O) groups is 1. The Balaban J connectivity index is 1.40. The second-order valence-electron chi connectivity index (χ2n) is 8.06. The lowest BCUT2D eigenvalue weighted by atomic mass is 10.0. The van der Waals surface area contributed by atoms with Gasteiger partial charge in [-0.2, -0.15) is 0 Å². The number of para-hydroxylation sites is 2. The molecule has 1 atom stereocenters. The number of hydrogen-bond acceptors (Lipinski definition) is 5. The molecule has 4 rings (SSSR count). The third-order valence-electron chi connectivity index (χ3n) is 6.12. The second-order valence-corrected chi connectivity index (χ2v) is 8.06. The average molecular weight is 410 g/mol. The maximum absolute atomic E-state index is 12.5. The molecule has 1 fully saturated rings. The minimum absolute atomic E-state index is 0.0257. The van der Waals surface area contributed by atoms with Crippen LogP contribution >= 0.6 is 0 Å². The Bertz CT molecular complexity index is 880. The maximum atomic E-state index is 12.5. The number of fused-ring (bicyclic) bond motifs is 1.